The first-order valence-corrected chi connectivity index (χ1v) is 14.6. The van der Waals surface area contributed by atoms with Crippen molar-refractivity contribution in [2.75, 3.05) is 13.2 Å². The molecule has 0 aromatic carbocycles. The monoisotopic (exact) mass is 543 g/mol. The van der Waals surface area contributed by atoms with E-state index in [1.165, 1.54) is 32.1 Å². The van der Waals surface area contributed by atoms with Crippen molar-refractivity contribution in [2.45, 2.75) is 140 Å². The zero-order valence-corrected chi connectivity index (χ0v) is 23.4. The maximum atomic E-state index is 12.6. The van der Waals surface area contributed by atoms with Gasteiger partial charge in [0.25, 0.3) is 0 Å². The van der Waals surface area contributed by atoms with Crippen LogP contribution < -0.4 is 5.32 Å². The van der Waals surface area contributed by atoms with Gasteiger partial charge >= 0.3 is 0 Å². The lowest BCUT2D eigenvalue weighted by atomic mass is 9.99. The maximum Gasteiger partial charge on any atom is 0.220 e. The van der Waals surface area contributed by atoms with Crippen LogP contribution in [0.2, 0.25) is 0 Å². The molecule has 7 unspecified atom stereocenters. The van der Waals surface area contributed by atoms with Crippen LogP contribution in [0, 0.1) is 0 Å². The van der Waals surface area contributed by atoms with Crippen LogP contribution in [0.25, 0.3) is 0 Å². The molecule has 1 amide bonds. The van der Waals surface area contributed by atoms with Crippen molar-refractivity contribution in [1.82, 2.24) is 5.32 Å². The fourth-order valence-corrected chi connectivity index (χ4v) is 4.29. The van der Waals surface area contributed by atoms with Gasteiger partial charge in [0.2, 0.25) is 5.91 Å². The molecule has 0 aromatic rings. The minimum atomic E-state index is -1.56. The number of rotatable bonds is 21. The number of aliphatic hydroxyl groups excluding tert-OH is 5. The van der Waals surface area contributed by atoms with Gasteiger partial charge in [0.15, 0.2) is 6.29 Å². The summed E-state index contributed by atoms with van der Waals surface area (Å²) < 4.78 is 11.0. The maximum absolute atomic E-state index is 12.6. The van der Waals surface area contributed by atoms with Crippen molar-refractivity contribution in [1.29, 1.82) is 0 Å². The summed E-state index contributed by atoms with van der Waals surface area (Å²) in [5, 5.41) is 53.2. The van der Waals surface area contributed by atoms with E-state index in [0.717, 1.165) is 44.9 Å². The lowest BCUT2D eigenvalue weighted by Gasteiger charge is -2.40. The Hall–Kier alpha value is -1.33. The second-order valence-electron chi connectivity index (χ2n) is 10.2. The number of unbranched alkanes of at least 4 members (excludes halogenated alkanes) is 9. The molecule has 1 fully saturated rings. The number of amides is 1. The number of nitrogens with one attached hydrogen (secondary N) is 1. The average Bonchev–Trinajstić information content (AvgIpc) is 2.91. The predicted molar refractivity (Wildman–Crippen MR) is 147 cm³/mol. The molecule has 0 bridgehead atoms. The highest BCUT2D eigenvalue weighted by Gasteiger charge is 2.44. The van der Waals surface area contributed by atoms with Gasteiger partial charge in [0, 0.05) is 6.42 Å². The number of carbonyl (C=O) groups excluding carboxylic acids is 1. The first kappa shape index (κ1) is 34.7. The zero-order valence-electron chi connectivity index (χ0n) is 23.4. The van der Waals surface area contributed by atoms with Crippen LogP contribution >= 0.6 is 0 Å². The number of ether oxygens (including phenoxy) is 2. The summed E-state index contributed by atoms with van der Waals surface area (Å²) in [7, 11) is 0. The molecule has 38 heavy (non-hydrogen) atoms. The van der Waals surface area contributed by atoms with Crippen LogP contribution in [-0.2, 0) is 14.3 Å². The highest BCUT2D eigenvalue weighted by molar-refractivity contribution is 5.76. The van der Waals surface area contributed by atoms with Gasteiger partial charge in [-0.25, -0.2) is 0 Å². The van der Waals surface area contributed by atoms with Crippen molar-refractivity contribution < 1.29 is 39.8 Å². The van der Waals surface area contributed by atoms with Gasteiger partial charge in [-0.15, -0.1) is 0 Å². The molecule has 1 aliphatic heterocycles. The molecule has 1 heterocycles. The molecule has 0 radical (unpaired) electrons. The molecule has 7 atom stereocenters. The van der Waals surface area contributed by atoms with Crippen LogP contribution in [0.4, 0.5) is 0 Å². The Kier molecular flexibility index (Phi) is 19.6. The third-order valence-electron chi connectivity index (χ3n) is 6.76. The summed E-state index contributed by atoms with van der Waals surface area (Å²) in [6.45, 7) is 3.55. The van der Waals surface area contributed by atoms with Crippen LogP contribution in [0.3, 0.4) is 0 Å². The summed E-state index contributed by atoms with van der Waals surface area (Å²) in [4.78, 5) is 12.6. The van der Waals surface area contributed by atoms with Gasteiger partial charge in [-0.1, -0.05) is 89.5 Å². The Labute approximate surface area is 228 Å². The number of hydrogen-bond acceptors (Lipinski definition) is 8. The van der Waals surface area contributed by atoms with Gasteiger partial charge in [-0.05, 0) is 25.7 Å². The number of allylic oxidation sites excluding steroid dienone is 3. The topological polar surface area (TPSA) is 149 Å². The number of carbonyl (C=O) groups is 1. The minimum Gasteiger partial charge on any atom is -0.394 e. The fraction of sp³-hybridized carbons (Fsp3) is 0.828. The van der Waals surface area contributed by atoms with Crippen molar-refractivity contribution in [3.8, 4) is 0 Å². The van der Waals surface area contributed by atoms with Crippen molar-refractivity contribution >= 4 is 5.91 Å². The summed E-state index contributed by atoms with van der Waals surface area (Å²) in [6.07, 6.45) is 12.7. The van der Waals surface area contributed by atoms with E-state index in [-0.39, 0.29) is 12.5 Å². The standard InChI is InChI=1S/C29H53NO8/c1-3-5-7-9-11-13-15-17-19-25(33)30-22(23(32)18-16-14-12-10-8-6-4-2)21-37-29-28(36)27(35)26(34)24(20-31)38-29/h8,10,16,18,22-24,26-29,31-32,34-36H,3-7,9,11-15,17,19-21H2,1-2H3,(H,30,33)/b10-8+,18-16+. The van der Waals surface area contributed by atoms with E-state index in [9.17, 15) is 30.3 Å². The Morgan fingerprint density at radius 3 is 2.16 bits per heavy atom. The van der Waals surface area contributed by atoms with E-state index in [4.69, 9.17) is 9.47 Å². The third-order valence-corrected chi connectivity index (χ3v) is 6.76. The fourth-order valence-electron chi connectivity index (χ4n) is 4.29. The molecule has 0 spiro atoms. The molecular formula is C29H53NO8. The highest BCUT2D eigenvalue weighted by Crippen LogP contribution is 2.22. The number of hydrogen-bond donors (Lipinski definition) is 6. The summed E-state index contributed by atoms with van der Waals surface area (Å²) >= 11 is 0. The summed E-state index contributed by atoms with van der Waals surface area (Å²) in [6, 6.07) is -0.809. The third kappa shape index (κ3) is 14.2. The van der Waals surface area contributed by atoms with E-state index in [2.05, 4.69) is 31.3 Å². The Morgan fingerprint density at radius 1 is 0.868 bits per heavy atom. The molecule has 1 saturated heterocycles. The molecule has 1 aliphatic rings. The van der Waals surface area contributed by atoms with Crippen molar-refractivity contribution in [2.24, 2.45) is 0 Å². The van der Waals surface area contributed by atoms with E-state index in [0.29, 0.717) is 6.42 Å². The first-order valence-electron chi connectivity index (χ1n) is 14.6. The minimum absolute atomic E-state index is 0.201. The van der Waals surface area contributed by atoms with E-state index in [1.54, 1.807) is 6.08 Å². The van der Waals surface area contributed by atoms with Crippen molar-refractivity contribution in [3.05, 3.63) is 24.3 Å². The highest BCUT2D eigenvalue weighted by atomic mass is 16.7. The smallest absolute Gasteiger partial charge is 0.220 e. The lowest BCUT2D eigenvalue weighted by molar-refractivity contribution is -0.302. The molecule has 0 aromatic heterocycles. The van der Waals surface area contributed by atoms with Gasteiger partial charge in [0.1, 0.15) is 24.4 Å². The molecule has 6 N–H and O–H groups in total. The molecule has 0 saturated carbocycles. The second kappa shape index (κ2) is 21.5. The van der Waals surface area contributed by atoms with E-state index < -0.39 is 49.5 Å². The Morgan fingerprint density at radius 2 is 1.50 bits per heavy atom. The van der Waals surface area contributed by atoms with Gasteiger partial charge in [-0.2, -0.15) is 0 Å². The summed E-state index contributed by atoms with van der Waals surface area (Å²) in [5.41, 5.74) is 0. The Balaban J connectivity index is 2.63. The van der Waals surface area contributed by atoms with E-state index >= 15 is 0 Å². The molecular weight excluding hydrogens is 490 g/mol. The average molecular weight is 544 g/mol. The van der Waals surface area contributed by atoms with Gasteiger partial charge < -0.3 is 40.3 Å². The predicted octanol–water partition coefficient (Wildman–Crippen LogP) is 2.87. The van der Waals surface area contributed by atoms with E-state index in [1.807, 2.05) is 6.08 Å². The normalized spacial score (nSPS) is 25.7. The zero-order chi connectivity index (χ0) is 28.2. The van der Waals surface area contributed by atoms with Crippen LogP contribution in [0.15, 0.2) is 24.3 Å². The number of aliphatic hydroxyl groups is 5. The van der Waals surface area contributed by atoms with Crippen LogP contribution in [0.1, 0.15) is 97.3 Å². The second-order valence-corrected chi connectivity index (χ2v) is 10.2. The first-order chi connectivity index (χ1) is 18.3. The van der Waals surface area contributed by atoms with Crippen LogP contribution in [-0.4, -0.2) is 87.5 Å². The van der Waals surface area contributed by atoms with Gasteiger partial charge in [0.05, 0.1) is 25.4 Å². The quantitative estimate of drug-likeness (QED) is 0.0956. The van der Waals surface area contributed by atoms with Crippen LogP contribution in [0.5, 0.6) is 0 Å². The molecule has 1 rings (SSSR count). The lowest BCUT2D eigenvalue weighted by Crippen LogP contribution is -2.60. The molecule has 222 valence electrons. The van der Waals surface area contributed by atoms with Gasteiger partial charge in [-0.3, -0.25) is 4.79 Å². The summed E-state index contributed by atoms with van der Waals surface area (Å²) in [5.74, 6) is -0.201. The Bertz CT molecular complexity index is 656. The molecule has 0 aliphatic carbocycles. The molecule has 9 nitrogen and oxygen atoms in total. The molecule has 9 heteroatoms. The SMILES string of the molecule is CCC/C=C/CC/C=C/C(O)C(COC1OC(CO)C(O)C(O)C1O)NC(=O)CCCCCCCCCC. The largest absolute Gasteiger partial charge is 0.394 e. The van der Waals surface area contributed by atoms with Crippen molar-refractivity contribution in [3.63, 3.8) is 0 Å².